The van der Waals surface area contributed by atoms with Gasteiger partial charge in [0.25, 0.3) is 36.4 Å². The lowest BCUT2D eigenvalue weighted by Gasteiger charge is -2.26. The van der Waals surface area contributed by atoms with Gasteiger partial charge >= 0.3 is 34.6 Å². The van der Waals surface area contributed by atoms with Crippen molar-refractivity contribution in [1.82, 2.24) is 33.5 Å². The van der Waals surface area contributed by atoms with Crippen molar-refractivity contribution >= 4 is 139 Å². The molecule has 0 aromatic heterocycles. The Morgan fingerprint density at radius 1 is 0.433 bits per heavy atom. The molecule has 42 heteroatoms. The summed E-state index contributed by atoms with van der Waals surface area (Å²) >= 11 is 18.0. The normalized spacial score (nSPS) is 19.0. The topological polar surface area (TPSA) is 491 Å². The van der Waals surface area contributed by atoms with Crippen LogP contribution in [-0.2, 0) is 69.6 Å². The second-order valence-corrected chi connectivity index (χ2v) is 45.4. The summed E-state index contributed by atoms with van der Waals surface area (Å²) in [5, 5.41) is 30.6. The molecule has 6 aromatic rings. The number of nitrogens with zero attached hydrogens (tertiary/aromatic N) is 9. The number of aliphatic imine (C=N–C) groups is 1. The summed E-state index contributed by atoms with van der Waals surface area (Å²) in [7, 11) is -18.3. The minimum Gasteiger partial charge on any atom is -0.443 e. The highest BCUT2D eigenvalue weighted by Crippen LogP contribution is 2.35. The predicted octanol–water partition coefficient (Wildman–Crippen LogP) is 16.8. The van der Waals surface area contributed by atoms with Crippen molar-refractivity contribution in [3.05, 3.63) is 212 Å². The predicted molar refractivity (Wildman–Crippen MR) is 529 cm³/mol. The van der Waals surface area contributed by atoms with Crippen molar-refractivity contribution in [2.24, 2.45) is 45.8 Å². The second kappa shape index (κ2) is 52.9. The Morgan fingerprint density at radius 3 is 1.13 bits per heavy atom. The average Bonchev–Trinajstić information content (AvgIpc) is 1.65. The van der Waals surface area contributed by atoms with E-state index in [1.165, 1.54) is 57.7 Å². The first-order valence-corrected chi connectivity index (χ1v) is 53.5. The van der Waals surface area contributed by atoms with Gasteiger partial charge in [-0.05, 0) is 190 Å². The van der Waals surface area contributed by atoms with Crippen molar-refractivity contribution in [2.45, 2.75) is 256 Å². The molecule has 14 rings (SSSR count). The van der Waals surface area contributed by atoms with Gasteiger partial charge in [-0.15, -0.1) is 4.40 Å². The molecule has 11 N–H and O–H groups in total. The van der Waals surface area contributed by atoms with Crippen LogP contribution in [0.4, 0.5) is 19.2 Å². The van der Waals surface area contributed by atoms with Crippen LogP contribution in [0.3, 0.4) is 0 Å². The number of guanidine groups is 1. The highest BCUT2D eigenvalue weighted by atomic mass is 35.5. The van der Waals surface area contributed by atoms with Gasteiger partial charge in [0.05, 0.1) is 46.6 Å². The maximum atomic E-state index is 13.1. The monoisotopic (exact) mass is 2010 g/mol. The van der Waals surface area contributed by atoms with Crippen LogP contribution in [0.25, 0.3) is 0 Å². The van der Waals surface area contributed by atoms with Crippen molar-refractivity contribution in [2.75, 3.05) is 45.8 Å². The van der Waals surface area contributed by atoms with Gasteiger partial charge in [-0.2, -0.15) is 54.2 Å². The Balaban J connectivity index is 0.000000222. The quantitative estimate of drug-likeness (QED) is 0.0186. The largest absolute Gasteiger partial charge is 0.519 e. The van der Waals surface area contributed by atoms with Gasteiger partial charge in [0.2, 0.25) is 10.0 Å². The lowest BCUT2D eigenvalue weighted by Crippen LogP contribution is -2.47. The van der Waals surface area contributed by atoms with E-state index >= 15 is 0 Å². The smallest absolute Gasteiger partial charge is 0.443 e. The van der Waals surface area contributed by atoms with Crippen LogP contribution >= 0.6 is 34.8 Å². The second-order valence-electron chi connectivity index (χ2n) is 35.9. The molecule has 5 heterocycles. The zero-order valence-electron chi connectivity index (χ0n) is 77.8. The van der Waals surface area contributed by atoms with Gasteiger partial charge in [-0.1, -0.05) is 252 Å². The molecule has 34 nitrogen and oxygen atoms in total. The number of rotatable bonds is 13. The van der Waals surface area contributed by atoms with Crippen LogP contribution in [0.2, 0.25) is 15.1 Å². The van der Waals surface area contributed by atoms with Crippen LogP contribution in [-0.4, -0.2) is 187 Å². The Morgan fingerprint density at radius 2 is 0.769 bits per heavy atom. The van der Waals surface area contributed by atoms with Gasteiger partial charge in [-0.25, -0.2) is 70.9 Å². The van der Waals surface area contributed by atoms with Gasteiger partial charge in [-0.3, -0.25) is 0 Å². The lowest BCUT2D eigenvalue weighted by atomic mass is 9.91. The van der Waals surface area contributed by atoms with Gasteiger partial charge in [0, 0.05) is 65.5 Å². The number of benzene rings is 6. The first-order chi connectivity index (χ1) is 62.9. The molecular formula is C92H131Cl3N16O18S5. The molecule has 3 saturated carbocycles. The number of hydrazone groups is 3. The number of halogens is 3. The van der Waals surface area contributed by atoms with E-state index in [4.69, 9.17) is 65.0 Å². The molecule has 2 saturated heterocycles. The minimum absolute atomic E-state index is 0.00506. The van der Waals surface area contributed by atoms with E-state index in [9.17, 15) is 61.3 Å². The molecular weight excluding hydrogens is 1880 g/mol. The van der Waals surface area contributed by atoms with Gasteiger partial charge in [0.1, 0.15) is 16.8 Å². The average molecular weight is 2020 g/mol. The van der Waals surface area contributed by atoms with E-state index in [1.54, 1.807) is 86.4 Å². The van der Waals surface area contributed by atoms with Crippen LogP contribution < -0.4 is 36.0 Å². The van der Waals surface area contributed by atoms with E-state index in [1.807, 2.05) is 132 Å². The number of nitrogens with one attached hydrogen (secondary N) is 3. The number of hydrogen-bond acceptors (Lipinski definition) is 22. The third-order valence-corrected chi connectivity index (χ3v) is 28.1. The number of amides is 3. The van der Waals surface area contributed by atoms with E-state index < -0.39 is 102 Å². The van der Waals surface area contributed by atoms with E-state index in [2.05, 4.69) is 69.0 Å². The third-order valence-electron chi connectivity index (χ3n) is 21.2. The number of ether oxygens (including phenoxy) is 4. The van der Waals surface area contributed by atoms with Crippen molar-refractivity contribution in [1.29, 1.82) is 0 Å². The van der Waals surface area contributed by atoms with E-state index in [-0.39, 0.29) is 30.2 Å². The summed E-state index contributed by atoms with van der Waals surface area (Å²) in [6.07, 6.45) is 19.7. The molecule has 8 aliphatic rings. The van der Waals surface area contributed by atoms with Crippen molar-refractivity contribution in [3.8, 4) is 0 Å². The molecule has 5 fully saturated rings. The van der Waals surface area contributed by atoms with E-state index in [0.717, 1.165) is 128 Å². The first kappa shape index (κ1) is 112. The molecule has 134 heavy (non-hydrogen) atoms. The van der Waals surface area contributed by atoms with Crippen molar-refractivity contribution < 1.29 is 80.2 Å². The number of carbonyl (C=O) groups is 4. The Labute approximate surface area is 806 Å². The van der Waals surface area contributed by atoms with Crippen LogP contribution in [0.5, 0.6) is 0 Å². The summed E-state index contributed by atoms with van der Waals surface area (Å²) < 4.78 is 144. The molecule has 3 aliphatic carbocycles. The molecule has 3 unspecified atom stereocenters. The highest BCUT2D eigenvalue weighted by molar-refractivity contribution is 7.91. The number of urea groups is 1. The summed E-state index contributed by atoms with van der Waals surface area (Å²) in [4.78, 5) is 50.5. The summed E-state index contributed by atoms with van der Waals surface area (Å²) in [5.74, 6) is 0.288. The Hall–Kier alpha value is -9.23. The molecule has 0 bridgehead atoms. The van der Waals surface area contributed by atoms with E-state index in [0.29, 0.717) is 80.1 Å². The molecule has 738 valence electrons. The maximum absolute atomic E-state index is 13.1. The van der Waals surface area contributed by atoms with Gasteiger partial charge < -0.3 is 30.1 Å². The molecule has 0 radical (unpaired) electrons. The molecule has 5 aliphatic heterocycles. The van der Waals surface area contributed by atoms with Crippen molar-refractivity contribution in [3.63, 3.8) is 0 Å². The highest BCUT2D eigenvalue weighted by Gasteiger charge is 2.39. The number of hydrogen-bond donors (Lipinski definition) is 7. The maximum Gasteiger partial charge on any atom is 0.519 e. The third kappa shape index (κ3) is 41.0. The fourth-order valence-corrected chi connectivity index (χ4v) is 20.2. The lowest BCUT2D eigenvalue weighted by molar-refractivity contribution is -0.0294. The van der Waals surface area contributed by atoms with Crippen LogP contribution in [0.1, 0.15) is 262 Å². The molecule has 0 spiro atoms. The SMILES string of the molecule is C1CCCCC1.CC(C)(C)OC(=O)NS(=O)(=O)N1CCCCC1.CC(C)(C)OC(=O)OC(=O)OC(C)(C)C.CC(N)=NC(=NS(=O)(=O)C1CCCCC1)N1CC(c2ccccc2)C(c2ccc(Cl)cc2)=N1.Clc1ccc(C2=NNCC2c2ccccc2)cc1.NS(=O)(=O)N1CCCCC1.NS(N)(=O)=O.O=C(NS(=O)(=O)C1CCCCC1)N1CC(c2ccccc2)C(c2ccc(Cl)cc2)=N1. The summed E-state index contributed by atoms with van der Waals surface area (Å²) in [5.41, 5.74) is 15.7. The first-order valence-electron chi connectivity index (χ1n) is 44.8. The number of sulfonamides is 2. The standard InChI is InChI=1S/C24H28ClN5O2S.C22H24ClN3O3S.C15H13ClN2.C10H20N2O4S.C10H18O5.C6H12.C5H12N2O2S.H4N2O2S/c1-17(26)27-24(29-33(31,32)21-10-6-3-7-11-21)30-16-22(18-8-4-2-5-9-18)23(28-30)19-12-14-20(25)15-13-19;23-18-13-11-17(12-14-18)21-20(16-7-3-1-4-8-16)15-26(24-21)22(27)25-30(28,29)19-9-5-2-6-10-19;16-13-8-6-12(7-9-13)15-14(10-17-18-15)11-4-2-1-3-5-11;1-10(2,3)16-9(13)11-17(14,15)12-7-5-4-6-8-12;1-9(2,3)14-7(11)13-8(12)15-10(4,5)6;1-2-4-6-5-3-1;6-10(8,9)7-4-2-1-3-5-7;1-5(2,3)4/h2,4-5,8-9,12-15,21-22H,3,6-7,10-11,16H2,1H3,(H2,26,27,29);1,3-4,7-8,11-14,19-20H,2,5-6,9-10,15H2,(H,25,27);1-9,14,17H,10H2;4-8H2,1-3H3,(H,11,13);1-6H3;1-6H2;1-5H2,(H2,6,8,9);(H4,1,2,3,4). The Kier molecular flexibility index (Phi) is 44.1. The number of carbonyl (C=O) groups excluding carboxylic acids is 4. The van der Waals surface area contributed by atoms with Crippen LogP contribution in [0.15, 0.2) is 188 Å². The zero-order chi connectivity index (χ0) is 98.7. The fraction of sp³-hybridized carbons (Fsp3) is 0.511. The summed E-state index contributed by atoms with van der Waals surface area (Å²) in [6.45, 7) is 20.3. The molecule has 6 aromatic carbocycles. The molecule has 3 atom stereocenters. The minimum atomic E-state index is -3.75. The fourth-order valence-electron chi connectivity index (χ4n) is 15.0. The zero-order valence-corrected chi connectivity index (χ0v) is 84.2. The van der Waals surface area contributed by atoms with Gasteiger partial charge in [0.15, 0.2) is 0 Å². The number of nitrogens with two attached hydrogens (primary N) is 4. The summed E-state index contributed by atoms with van der Waals surface area (Å²) in [6, 6.07) is 52.0. The molecule has 3 amide bonds. The number of amidine groups is 1. The Bertz CT molecular complexity index is 5470. The van der Waals surface area contributed by atoms with Crippen LogP contribution in [0, 0.1) is 0 Å². The number of piperidine rings is 2.